The first-order valence-electron chi connectivity index (χ1n) is 5.33. The van der Waals surface area contributed by atoms with Crippen LogP contribution in [-0.2, 0) is 11.2 Å². The van der Waals surface area contributed by atoms with Gasteiger partial charge in [0.25, 0.3) is 0 Å². The van der Waals surface area contributed by atoms with Crippen LogP contribution in [0.5, 0.6) is 0 Å². The number of nitrogens with zero attached hydrogens (tertiary/aromatic N) is 1. The van der Waals surface area contributed by atoms with Crippen molar-refractivity contribution in [2.75, 3.05) is 6.54 Å². The SMILES string of the molecule is Cc1ccc(CCNC(=O)CC#N)cc1C. The van der Waals surface area contributed by atoms with Crippen molar-refractivity contribution in [1.82, 2.24) is 5.32 Å². The maximum absolute atomic E-state index is 11.0. The van der Waals surface area contributed by atoms with Crippen LogP contribution in [0.25, 0.3) is 0 Å². The fourth-order valence-corrected chi connectivity index (χ4v) is 1.44. The minimum absolute atomic E-state index is 0.0626. The quantitative estimate of drug-likeness (QED) is 0.835. The lowest BCUT2D eigenvalue weighted by molar-refractivity contribution is -0.120. The summed E-state index contributed by atoms with van der Waals surface area (Å²) in [4.78, 5) is 11.0. The first kappa shape index (κ1) is 12.3. The Morgan fingerprint density at radius 3 is 2.75 bits per heavy atom. The zero-order chi connectivity index (χ0) is 12.0. The average Bonchev–Trinajstić information content (AvgIpc) is 2.24. The third-order valence-corrected chi connectivity index (χ3v) is 2.55. The number of carbonyl (C=O) groups excluding carboxylic acids is 1. The van der Waals surface area contributed by atoms with Gasteiger partial charge in [0, 0.05) is 6.54 Å². The Labute approximate surface area is 96.1 Å². The Hall–Kier alpha value is -1.82. The summed E-state index contributed by atoms with van der Waals surface area (Å²) >= 11 is 0. The number of benzene rings is 1. The molecular weight excluding hydrogens is 200 g/mol. The van der Waals surface area contributed by atoms with Crippen LogP contribution in [-0.4, -0.2) is 12.5 Å². The molecule has 16 heavy (non-hydrogen) atoms. The summed E-state index contributed by atoms with van der Waals surface area (Å²) < 4.78 is 0. The minimum Gasteiger partial charge on any atom is -0.355 e. The number of hydrogen-bond donors (Lipinski definition) is 1. The van der Waals surface area contributed by atoms with Crippen molar-refractivity contribution < 1.29 is 4.79 Å². The Morgan fingerprint density at radius 1 is 1.38 bits per heavy atom. The summed E-state index contributed by atoms with van der Waals surface area (Å²) in [5, 5.41) is 11.0. The van der Waals surface area contributed by atoms with Crippen molar-refractivity contribution in [3.05, 3.63) is 34.9 Å². The van der Waals surface area contributed by atoms with Crippen LogP contribution in [0, 0.1) is 25.2 Å². The number of hydrogen-bond acceptors (Lipinski definition) is 2. The molecular formula is C13H16N2O. The predicted octanol–water partition coefficient (Wildman–Crippen LogP) is 1.88. The molecule has 3 nitrogen and oxygen atoms in total. The van der Waals surface area contributed by atoms with Crippen LogP contribution in [0.15, 0.2) is 18.2 Å². The Balaban J connectivity index is 2.41. The highest BCUT2D eigenvalue weighted by Gasteiger charge is 2.00. The molecule has 0 bridgehead atoms. The topological polar surface area (TPSA) is 52.9 Å². The molecule has 1 rings (SSSR count). The van der Waals surface area contributed by atoms with E-state index in [1.807, 2.05) is 6.07 Å². The molecule has 1 amide bonds. The largest absolute Gasteiger partial charge is 0.355 e. The van der Waals surface area contributed by atoms with Gasteiger partial charge in [0.15, 0.2) is 0 Å². The molecule has 0 spiro atoms. The van der Waals surface area contributed by atoms with Crippen LogP contribution in [0.1, 0.15) is 23.1 Å². The highest BCUT2D eigenvalue weighted by Crippen LogP contribution is 2.09. The lowest BCUT2D eigenvalue weighted by Crippen LogP contribution is -2.24. The van der Waals surface area contributed by atoms with E-state index in [2.05, 4.69) is 37.4 Å². The molecule has 84 valence electrons. The summed E-state index contributed by atoms with van der Waals surface area (Å²) in [6, 6.07) is 8.10. The Bertz CT molecular complexity index is 418. The van der Waals surface area contributed by atoms with Gasteiger partial charge in [-0.05, 0) is 37.0 Å². The van der Waals surface area contributed by atoms with Crippen LogP contribution in [0.3, 0.4) is 0 Å². The van der Waals surface area contributed by atoms with Gasteiger partial charge in [-0.25, -0.2) is 0 Å². The second-order valence-electron chi connectivity index (χ2n) is 3.85. The maximum Gasteiger partial charge on any atom is 0.234 e. The summed E-state index contributed by atoms with van der Waals surface area (Å²) in [7, 11) is 0. The summed E-state index contributed by atoms with van der Waals surface area (Å²) in [5.41, 5.74) is 3.75. The zero-order valence-corrected chi connectivity index (χ0v) is 9.71. The van der Waals surface area contributed by atoms with Crippen molar-refractivity contribution in [3.63, 3.8) is 0 Å². The maximum atomic E-state index is 11.0. The second-order valence-corrected chi connectivity index (χ2v) is 3.85. The minimum atomic E-state index is -0.202. The fourth-order valence-electron chi connectivity index (χ4n) is 1.44. The van der Waals surface area contributed by atoms with Crippen molar-refractivity contribution in [1.29, 1.82) is 5.26 Å². The molecule has 0 fully saturated rings. The van der Waals surface area contributed by atoms with Gasteiger partial charge < -0.3 is 5.32 Å². The van der Waals surface area contributed by atoms with E-state index in [0.29, 0.717) is 6.54 Å². The monoisotopic (exact) mass is 216 g/mol. The molecule has 0 unspecified atom stereocenters. The number of nitriles is 1. The van der Waals surface area contributed by atoms with E-state index < -0.39 is 0 Å². The van der Waals surface area contributed by atoms with Crippen LogP contribution >= 0.6 is 0 Å². The Kier molecular flexibility index (Phi) is 4.53. The predicted molar refractivity (Wildman–Crippen MR) is 62.9 cm³/mol. The molecule has 0 aliphatic rings. The van der Waals surface area contributed by atoms with Crippen molar-refractivity contribution in [2.24, 2.45) is 0 Å². The van der Waals surface area contributed by atoms with E-state index in [1.54, 1.807) is 0 Å². The van der Waals surface area contributed by atoms with Gasteiger partial charge >= 0.3 is 0 Å². The van der Waals surface area contributed by atoms with Gasteiger partial charge in [-0.15, -0.1) is 0 Å². The molecule has 0 saturated heterocycles. The molecule has 0 aliphatic carbocycles. The van der Waals surface area contributed by atoms with Gasteiger partial charge in [0.2, 0.25) is 5.91 Å². The zero-order valence-electron chi connectivity index (χ0n) is 9.71. The molecule has 0 saturated carbocycles. The molecule has 3 heteroatoms. The summed E-state index contributed by atoms with van der Waals surface area (Å²) in [6.07, 6.45) is 0.741. The van der Waals surface area contributed by atoms with E-state index in [9.17, 15) is 4.79 Å². The van der Waals surface area contributed by atoms with Gasteiger partial charge in [0.1, 0.15) is 6.42 Å². The van der Waals surface area contributed by atoms with E-state index >= 15 is 0 Å². The van der Waals surface area contributed by atoms with Gasteiger partial charge in [0.05, 0.1) is 6.07 Å². The van der Waals surface area contributed by atoms with Crippen molar-refractivity contribution in [3.8, 4) is 6.07 Å². The van der Waals surface area contributed by atoms with Crippen LogP contribution in [0.4, 0.5) is 0 Å². The van der Waals surface area contributed by atoms with Gasteiger partial charge in [-0.2, -0.15) is 5.26 Å². The summed E-state index contributed by atoms with van der Waals surface area (Å²) in [5.74, 6) is -0.202. The third kappa shape index (κ3) is 3.74. The molecule has 0 heterocycles. The van der Waals surface area contributed by atoms with E-state index in [0.717, 1.165) is 6.42 Å². The van der Waals surface area contributed by atoms with Gasteiger partial charge in [-0.3, -0.25) is 4.79 Å². The second kappa shape index (κ2) is 5.92. The van der Waals surface area contributed by atoms with Crippen molar-refractivity contribution in [2.45, 2.75) is 26.7 Å². The number of rotatable bonds is 4. The number of nitrogens with one attached hydrogen (secondary N) is 1. The molecule has 1 aromatic rings. The lowest BCUT2D eigenvalue weighted by Gasteiger charge is -2.06. The molecule has 0 radical (unpaired) electrons. The molecule has 1 aromatic carbocycles. The highest BCUT2D eigenvalue weighted by molar-refractivity contribution is 5.77. The third-order valence-electron chi connectivity index (χ3n) is 2.55. The first-order valence-corrected chi connectivity index (χ1v) is 5.33. The van der Waals surface area contributed by atoms with Gasteiger partial charge in [-0.1, -0.05) is 18.2 Å². The number of aryl methyl sites for hydroxylation is 2. The first-order chi connectivity index (χ1) is 7.63. The molecule has 0 atom stereocenters. The van der Waals surface area contributed by atoms with Crippen molar-refractivity contribution >= 4 is 5.91 Å². The van der Waals surface area contributed by atoms with Crippen LogP contribution in [0.2, 0.25) is 0 Å². The smallest absolute Gasteiger partial charge is 0.234 e. The van der Waals surface area contributed by atoms with E-state index in [-0.39, 0.29) is 12.3 Å². The average molecular weight is 216 g/mol. The fraction of sp³-hybridized carbons (Fsp3) is 0.385. The Morgan fingerprint density at radius 2 is 2.12 bits per heavy atom. The molecule has 0 aromatic heterocycles. The van der Waals surface area contributed by atoms with E-state index in [1.165, 1.54) is 16.7 Å². The number of amides is 1. The normalized spacial score (nSPS) is 9.56. The highest BCUT2D eigenvalue weighted by atomic mass is 16.1. The summed E-state index contributed by atoms with van der Waals surface area (Å²) in [6.45, 7) is 4.74. The lowest BCUT2D eigenvalue weighted by atomic mass is 10.0. The standard InChI is InChI=1S/C13H16N2O/c1-10-3-4-12(9-11(10)2)6-8-15-13(16)5-7-14/h3-4,9H,5-6,8H2,1-2H3,(H,15,16). The molecule has 0 aliphatic heterocycles. The van der Waals surface area contributed by atoms with E-state index in [4.69, 9.17) is 5.26 Å². The molecule has 1 N–H and O–H groups in total. The number of carbonyl (C=O) groups is 1. The van der Waals surface area contributed by atoms with Crippen LogP contribution < -0.4 is 5.32 Å².